The van der Waals surface area contributed by atoms with Crippen molar-refractivity contribution in [2.45, 2.75) is 0 Å². The van der Waals surface area contributed by atoms with Gasteiger partial charge in [-0.3, -0.25) is 4.79 Å². The minimum atomic E-state index is 0.0247. The number of benzene rings is 2. The van der Waals surface area contributed by atoms with Crippen LogP contribution >= 0.6 is 0 Å². The maximum absolute atomic E-state index is 13.5. The molecule has 6 nitrogen and oxygen atoms in total. The smallest absolute Gasteiger partial charge is 0.254 e. The molecule has 1 saturated heterocycles. The summed E-state index contributed by atoms with van der Waals surface area (Å²) >= 11 is 0. The number of nitrogens with zero attached hydrogens (tertiary/aromatic N) is 3. The van der Waals surface area contributed by atoms with Crippen molar-refractivity contribution >= 4 is 22.5 Å². The van der Waals surface area contributed by atoms with Crippen molar-refractivity contribution in [3.63, 3.8) is 0 Å². The van der Waals surface area contributed by atoms with Crippen molar-refractivity contribution in [1.29, 1.82) is 0 Å². The van der Waals surface area contributed by atoms with Gasteiger partial charge in [0.25, 0.3) is 5.91 Å². The van der Waals surface area contributed by atoms with E-state index in [2.05, 4.69) is 16.0 Å². The second kappa shape index (κ2) is 8.14. The number of rotatable bonds is 4. The van der Waals surface area contributed by atoms with Gasteiger partial charge in [0.2, 0.25) is 0 Å². The zero-order chi connectivity index (χ0) is 21.2. The lowest BCUT2D eigenvalue weighted by Crippen LogP contribution is -2.48. The Hall–Kier alpha value is -3.80. The zero-order valence-corrected chi connectivity index (χ0v) is 17.3. The molecule has 0 saturated carbocycles. The fraction of sp³-hybridized carbons (Fsp3) is 0.200. The molecule has 0 radical (unpaired) electrons. The van der Waals surface area contributed by atoms with Gasteiger partial charge in [0.1, 0.15) is 11.4 Å². The molecular weight excluding hydrogens is 390 g/mol. The van der Waals surface area contributed by atoms with E-state index >= 15 is 0 Å². The summed E-state index contributed by atoms with van der Waals surface area (Å²) in [6.07, 6.45) is 1.62. The summed E-state index contributed by atoms with van der Waals surface area (Å²) in [7, 11) is 1.67. The van der Waals surface area contributed by atoms with E-state index in [1.54, 1.807) is 13.4 Å². The van der Waals surface area contributed by atoms with Crippen molar-refractivity contribution < 1.29 is 13.9 Å². The summed E-state index contributed by atoms with van der Waals surface area (Å²) in [5.41, 5.74) is 3.23. The molecule has 4 aromatic rings. The van der Waals surface area contributed by atoms with Crippen LogP contribution in [-0.4, -0.2) is 49.1 Å². The molecule has 1 fully saturated rings. The number of carbonyl (C=O) groups is 1. The highest BCUT2D eigenvalue weighted by atomic mass is 16.5. The van der Waals surface area contributed by atoms with Crippen LogP contribution in [0.25, 0.3) is 22.4 Å². The number of fused-ring (bicyclic) bond motifs is 1. The Morgan fingerprint density at radius 1 is 0.968 bits per heavy atom. The third-order valence-electron chi connectivity index (χ3n) is 5.71. The lowest BCUT2D eigenvalue weighted by Gasteiger charge is -2.36. The van der Waals surface area contributed by atoms with E-state index in [1.807, 2.05) is 65.6 Å². The summed E-state index contributed by atoms with van der Waals surface area (Å²) in [6.45, 7) is 2.85. The molecule has 0 spiro atoms. The molecule has 6 heteroatoms. The molecule has 1 aliphatic rings. The maximum atomic E-state index is 13.5. The Bertz CT molecular complexity index is 1210. The number of para-hydroxylation sites is 1. The van der Waals surface area contributed by atoms with Crippen molar-refractivity contribution in [3.8, 4) is 17.2 Å². The largest absolute Gasteiger partial charge is 0.497 e. The number of aromatic nitrogens is 1. The molecule has 0 unspecified atom stereocenters. The molecule has 0 aliphatic carbocycles. The molecule has 2 aromatic heterocycles. The summed E-state index contributed by atoms with van der Waals surface area (Å²) in [5.74, 6) is 1.52. The number of amides is 1. The van der Waals surface area contributed by atoms with Gasteiger partial charge in [0, 0.05) is 43.3 Å². The highest BCUT2D eigenvalue weighted by Crippen LogP contribution is 2.27. The van der Waals surface area contributed by atoms with E-state index < -0.39 is 0 Å². The number of pyridine rings is 1. The monoisotopic (exact) mass is 413 g/mol. The Morgan fingerprint density at radius 2 is 1.81 bits per heavy atom. The van der Waals surface area contributed by atoms with Gasteiger partial charge in [-0.25, -0.2) is 4.98 Å². The first kappa shape index (κ1) is 19.2. The van der Waals surface area contributed by atoms with Crippen LogP contribution in [-0.2, 0) is 0 Å². The number of furan rings is 1. The second-order valence-corrected chi connectivity index (χ2v) is 7.53. The van der Waals surface area contributed by atoms with Gasteiger partial charge in [-0.05, 0) is 36.4 Å². The van der Waals surface area contributed by atoms with Crippen LogP contribution in [0, 0.1) is 0 Å². The van der Waals surface area contributed by atoms with Crippen LogP contribution in [0.1, 0.15) is 10.4 Å². The zero-order valence-electron chi connectivity index (χ0n) is 17.3. The molecule has 156 valence electrons. The summed E-state index contributed by atoms with van der Waals surface area (Å²) in [6, 6.07) is 21.3. The third kappa shape index (κ3) is 3.72. The molecule has 5 rings (SSSR count). The van der Waals surface area contributed by atoms with Crippen LogP contribution in [0.15, 0.2) is 77.4 Å². The van der Waals surface area contributed by atoms with Crippen LogP contribution in [0.3, 0.4) is 0 Å². The van der Waals surface area contributed by atoms with Gasteiger partial charge in [-0.15, -0.1) is 0 Å². The molecule has 1 amide bonds. The highest BCUT2D eigenvalue weighted by Gasteiger charge is 2.25. The average molecular weight is 413 g/mol. The number of anilines is 1. The van der Waals surface area contributed by atoms with E-state index in [4.69, 9.17) is 9.15 Å². The van der Waals surface area contributed by atoms with Crippen LogP contribution in [0.2, 0.25) is 0 Å². The number of hydrogen-bond acceptors (Lipinski definition) is 5. The van der Waals surface area contributed by atoms with Crippen LogP contribution in [0.5, 0.6) is 5.75 Å². The first-order valence-corrected chi connectivity index (χ1v) is 10.3. The quantitative estimate of drug-likeness (QED) is 0.494. The lowest BCUT2D eigenvalue weighted by atomic mass is 10.0. The van der Waals surface area contributed by atoms with Crippen LogP contribution in [0.4, 0.5) is 5.69 Å². The lowest BCUT2D eigenvalue weighted by molar-refractivity contribution is 0.0748. The topological polar surface area (TPSA) is 58.8 Å². The Kier molecular flexibility index (Phi) is 5.04. The Labute approximate surface area is 180 Å². The fourth-order valence-corrected chi connectivity index (χ4v) is 4.05. The summed E-state index contributed by atoms with van der Waals surface area (Å²) in [4.78, 5) is 22.4. The fourth-order valence-electron chi connectivity index (χ4n) is 4.05. The predicted molar refractivity (Wildman–Crippen MR) is 121 cm³/mol. The number of hydrogen-bond donors (Lipinski definition) is 0. The minimum Gasteiger partial charge on any atom is -0.497 e. The van der Waals surface area contributed by atoms with Gasteiger partial charge in [-0.1, -0.05) is 24.3 Å². The van der Waals surface area contributed by atoms with Crippen LogP contribution < -0.4 is 9.64 Å². The molecule has 3 heterocycles. The number of ether oxygens (including phenoxy) is 1. The van der Waals surface area contributed by atoms with E-state index in [9.17, 15) is 4.79 Å². The summed E-state index contributed by atoms with van der Waals surface area (Å²) < 4.78 is 10.9. The molecule has 1 aliphatic heterocycles. The van der Waals surface area contributed by atoms with Gasteiger partial charge in [0.05, 0.1) is 24.5 Å². The minimum absolute atomic E-state index is 0.0247. The molecule has 2 aromatic carbocycles. The summed E-state index contributed by atoms with van der Waals surface area (Å²) in [5, 5.41) is 0.859. The van der Waals surface area contributed by atoms with Crippen molar-refractivity contribution in [2.75, 3.05) is 38.2 Å². The van der Waals surface area contributed by atoms with E-state index in [-0.39, 0.29) is 5.91 Å². The van der Waals surface area contributed by atoms with Gasteiger partial charge >= 0.3 is 0 Å². The van der Waals surface area contributed by atoms with E-state index in [1.165, 1.54) is 0 Å². The highest BCUT2D eigenvalue weighted by molar-refractivity contribution is 6.07. The SMILES string of the molecule is COc1cccc(N2CCN(C(=O)c3cc(-c4ccco4)nc4ccccc34)CC2)c1. The standard InChI is InChI=1S/C25H23N3O3/c1-30-19-7-4-6-18(16-19)27-11-13-28(14-12-27)25(29)21-17-23(24-10-5-15-31-24)26-22-9-3-2-8-20(21)22/h2-10,15-17H,11-14H2,1H3. The first-order valence-electron chi connectivity index (χ1n) is 10.3. The second-order valence-electron chi connectivity index (χ2n) is 7.53. The third-order valence-corrected chi connectivity index (χ3v) is 5.71. The molecule has 0 bridgehead atoms. The number of methoxy groups -OCH3 is 1. The Balaban J connectivity index is 1.40. The average Bonchev–Trinajstić information content (AvgIpc) is 3.38. The first-order chi connectivity index (χ1) is 15.2. The van der Waals surface area contributed by atoms with E-state index in [0.29, 0.717) is 30.1 Å². The molecular formula is C25H23N3O3. The van der Waals surface area contributed by atoms with Gasteiger partial charge in [-0.2, -0.15) is 0 Å². The van der Waals surface area contributed by atoms with Gasteiger partial charge < -0.3 is 19.0 Å². The molecule has 31 heavy (non-hydrogen) atoms. The van der Waals surface area contributed by atoms with Gasteiger partial charge in [0.15, 0.2) is 5.76 Å². The number of piperazine rings is 1. The van der Waals surface area contributed by atoms with Crippen molar-refractivity contribution in [2.24, 2.45) is 0 Å². The normalized spacial score (nSPS) is 14.1. The van der Waals surface area contributed by atoms with Crippen molar-refractivity contribution in [3.05, 3.63) is 78.6 Å². The van der Waals surface area contributed by atoms with E-state index in [0.717, 1.165) is 35.4 Å². The maximum Gasteiger partial charge on any atom is 0.254 e. The molecule has 0 N–H and O–H groups in total. The number of carbonyl (C=O) groups excluding carboxylic acids is 1. The van der Waals surface area contributed by atoms with Crippen molar-refractivity contribution in [1.82, 2.24) is 9.88 Å². The Morgan fingerprint density at radius 3 is 2.58 bits per heavy atom. The molecule has 0 atom stereocenters. The predicted octanol–water partition coefficient (Wildman–Crippen LogP) is 4.47.